The van der Waals surface area contributed by atoms with Crippen molar-refractivity contribution in [3.63, 3.8) is 0 Å². The molecular weight excluding hydrogens is 641 g/mol. The minimum absolute atomic E-state index is 0.00324. The van der Waals surface area contributed by atoms with Gasteiger partial charge in [0.15, 0.2) is 5.82 Å². The number of fused-ring (bicyclic) bond motifs is 5. The maximum atomic E-state index is 5.23. The van der Waals surface area contributed by atoms with E-state index in [2.05, 4.69) is 178 Å². The summed E-state index contributed by atoms with van der Waals surface area (Å²) in [4.78, 5) is 10.4. The normalized spacial score (nSPS) is 12.9. The van der Waals surface area contributed by atoms with Gasteiger partial charge in [-0.15, -0.1) is 0 Å². The molecule has 0 fully saturated rings. The summed E-state index contributed by atoms with van der Waals surface area (Å²) in [6.07, 6.45) is 0. The first-order valence-electron chi connectivity index (χ1n) is 18.3. The van der Waals surface area contributed by atoms with Gasteiger partial charge >= 0.3 is 0 Å². The summed E-state index contributed by atoms with van der Waals surface area (Å²) in [5.74, 6) is 0.712. The van der Waals surface area contributed by atoms with E-state index >= 15 is 0 Å². The Labute approximate surface area is 310 Å². The van der Waals surface area contributed by atoms with Crippen LogP contribution in [0.2, 0.25) is 0 Å². The SMILES string of the molecule is CC1(C)c2ccccc2-c2cc(-c3ccc4cc(-c5cc(-c6cccc7cccc(-c8ccccc8)c67)nc(-c6ccccc6)n5)ccc4c3)ccc21. The van der Waals surface area contributed by atoms with Crippen LogP contribution in [0, 0.1) is 0 Å². The number of benzene rings is 8. The second kappa shape index (κ2) is 12.3. The second-order valence-electron chi connectivity index (χ2n) is 14.6. The minimum atomic E-state index is 0.00324. The average molecular weight is 677 g/mol. The first-order chi connectivity index (χ1) is 26.0. The molecule has 10 rings (SSSR count). The third kappa shape index (κ3) is 5.26. The highest BCUT2D eigenvalue weighted by atomic mass is 14.9. The lowest BCUT2D eigenvalue weighted by molar-refractivity contribution is 0.660. The van der Waals surface area contributed by atoms with E-state index in [1.807, 2.05) is 18.2 Å². The Balaban J connectivity index is 1.09. The Hall–Kier alpha value is -6.64. The predicted molar refractivity (Wildman–Crippen MR) is 222 cm³/mol. The van der Waals surface area contributed by atoms with Gasteiger partial charge in [-0.25, -0.2) is 9.97 Å². The van der Waals surface area contributed by atoms with Gasteiger partial charge in [-0.1, -0.05) is 172 Å². The summed E-state index contributed by atoms with van der Waals surface area (Å²) >= 11 is 0. The average Bonchev–Trinajstić information content (AvgIpc) is 3.45. The number of aromatic nitrogens is 2. The van der Waals surface area contributed by atoms with Crippen molar-refractivity contribution in [3.8, 4) is 67.3 Å². The van der Waals surface area contributed by atoms with E-state index in [0.29, 0.717) is 5.82 Å². The summed E-state index contributed by atoms with van der Waals surface area (Å²) in [6, 6.07) is 65.4. The fourth-order valence-electron chi connectivity index (χ4n) is 8.35. The summed E-state index contributed by atoms with van der Waals surface area (Å²) in [5, 5.41) is 4.75. The maximum absolute atomic E-state index is 5.23. The molecule has 53 heavy (non-hydrogen) atoms. The van der Waals surface area contributed by atoms with Crippen molar-refractivity contribution in [2.45, 2.75) is 19.3 Å². The van der Waals surface area contributed by atoms with Crippen LogP contribution in [0.1, 0.15) is 25.0 Å². The van der Waals surface area contributed by atoms with Gasteiger partial charge in [0.1, 0.15) is 0 Å². The molecule has 0 spiro atoms. The Morgan fingerprint density at radius 2 is 0.906 bits per heavy atom. The van der Waals surface area contributed by atoms with E-state index in [0.717, 1.165) is 28.1 Å². The zero-order chi connectivity index (χ0) is 35.5. The summed E-state index contributed by atoms with van der Waals surface area (Å²) in [7, 11) is 0. The molecular formula is C51H36N2. The molecule has 1 aliphatic carbocycles. The van der Waals surface area contributed by atoms with Crippen molar-refractivity contribution in [2.75, 3.05) is 0 Å². The molecule has 1 heterocycles. The molecule has 0 N–H and O–H groups in total. The molecule has 250 valence electrons. The van der Waals surface area contributed by atoms with Crippen molar-refractivity contribution < 1.29 is 0 Å². The zero-order valence-electron chi connectivity index (χ0n) is 29.7. The molecule has 0 radical (unpaired) electrons. The van der Waals surface area contributed by atoms with Crippen LogP contribution < -0.4 is 0 Å². The highest BCUT2D eigenvalue weighted by molar-refractivity contribution is 6.06. The standard InChI is InChI=1S/C51H36N2/c1-51(2)45-22-10-9-19-42(45)44-31-39(27-28-46(44)51)37-23-24-38-30-40(26-25-36(38)29-37)47-32-48(53-50(52-47)35-15-7-4-8-16-35)43-21-12-18-34-17-11-20-41(49(34)43)33-13-5-3-6-14-33/h3-32H,1-2H3. The zero-order valence-corrected chi connectivity index (χ0v) is 29.7. The fraction of sp³-hybridized carbons (Fsp3) is 0.0588. The highest BCUT2D eigenvalue weighted by Gasteiger charge is 2.35. The molecule has 2 nitrogen and oxygen atoms in total. The van der Waals surface area contributed by atoms with E-state index in [4.69, 9.17) is 9.97 Å². The van der Waals surface area contributed by atoms with Gasteiger partial charge in [0.2, 0.25) is 0 Å². The van der Waals surface area contributed by atoms with Crippen LogP contribution in [0.25, 0.3) is 88.8 Å². The number of hydrogen-bond donors (Lipinski definition) is 0. The molecule has 2 heteroatoms. The van der Waals surface area contributed by atoms with Gasteiger partial charge < -0.3 is 0 Å². The Morgan fingerprint density at radius 1 is 0.340 bits per heavy atom. The summed E-state index contributed by atoms with van der Waals surface area (Å²) in [5.41, 5.74) is 15.3. The van der Waals surface area contributed by atoms with Gasteiger partial charge in [0, 0.05) is 22.1 Å². The Kier molecular flexibility index (Phi) is 7.19. The maximum Gasteiger partial charge on any atom is 0.160 e. The largest absolute Gasteiger partial charge is 0.228 e. The van der Waals surface area contributed by atoms with Crippen molar-refractivity contribution in [1.82, 2.24) is 9.97 Å². The van der Waals surface area contributed by atoms with Crippen LogP contribution in [0.5, 0.6) is 0 Å². The number of hydrogen-bond acceptors (Lipinski definition) is 2. The van der Waals surface area contributed by atoms with Crippen molar-refractivity contribution in [3.05, 3.63) is 193 Å². The fourth-order valence-corrected chi connectivity index (χ4v) is 8.35. The second-order valence-corrected chi connectivity index (χ2v) is 14.6. The summed E-state index contributed by atoms with van der Waals surface area (Å²) in [6.45, 7) is 4.66. The van der Waals surface area contributed by atoms with Crippen LogP contribution in [-0.2, 0) is 5.41 Å². The molecule has 9 aromatic rings. The van der Waals surface area contributed by atoms with Crippen molar-refractivity contribution in [1.29, 1.82) is 0 Å². The van der Waals surface area contributed by atoms with Gasteiger partial charge in [0.05, 0.1) is 11.4 Å². The molecule has 0 unspecified atom stereocenters. The molecule has 8 aromatic carbocycles. The Bertz CT molecular complexity index is 2850. The lowest BCUT2D eigenvalue weighted by Gasteiger charge is -2.21. The quantitative estimate of drug-likeness (QED) is 0.181. The van der Waals surface area contributed by atoms with E-state index in [9.17, 15) is 0 Å². The van der Waals surface area contributed by atoms with Crippen LogP contribution in [0.4, 0.5) is 0 Å². The van der Waals surface area contributed by atoms with Crippen molar-refractivity contribution >= 4 is 21.5 Å². The van der Waals surface area contributed by atoms with Crippen LogP contribution in [-0.4, -0.2) is 9.97 Å². The number of rotatable bonds is 5. The van der Waals surface area contributed by atoms with Crippen molar-refractivity contribution in [2.24, 2.45) is 0 Å². The summed E-state index contributed by atoms with van der Waals surface area (Å²) < 4.78 is 0. The molecule has 1 aromatic heterocycles. The monoisotopic (exact) mass is 676 g/mol. The third-order valence-corrected chi connectivity index (χ3v) is 11.1. The van der Waals surface area contributed by atoms with E-state index in [1.165, 1.54) is 66.1 Å². The van der Waals surface area contributed by atoms with E-state index in [-0.39, 0.29) is 5.41 Å². The van der Waals surface area contributed by atoms with E-state index < -0.39 is 0 Å². The lowest BCUT2D eigenvalue weighted by Crippen LogP contribution is -2.14. The van der Waals surface area contributed by atoms with Gasteiger partial charge in [-0.3, -0.25) is 0 Å². The molecule has 0 bridgehead atoms. The smallest absolute Gasteiger partial charge is 0.160 e. The first kappa shape index (κ1) is 31.1. The third-order valence-electron chi connectivity index (χ3n) is 11.1. The first-order valence-corrected chi connectivity index (χ1v) is 18.3. The highest BCUT2D eigenvalue weighted by Crippen LogP contribution is 2.49. The van der Waals surface area contributed by atoms with Crippen LogP contribution >= 0.6 is 0 Å². The molecule has 0 aliphatic heterocycles. The predicted octanol–water partition coefficient (Wildman–Crippen LogP) is 13.4. The van der Waals surface area contributed by atoms with E-state index in [1.54, 1.807) is 0 Å². The van der Waals surface area contributed by atoms with Gasteiger partial charge in [-0.2, -0.15) is 0 Å². The molecule has 0 saturated heterocycles. The van der Waals surface area contributed by atoms with Gasteiger partial charge in [-0.05, 0) is 90.3 Å². The minimum Gasteiger partial charge on any atom is -0.228 e. The topological polar surface area (TPSA) is 25.8 Å². The van der Waals surface area contributed by atoms with Crippen LogP contribution in [0.15, 0.2) is 182 Å². The molecule has 0 saturated carbocycles. The molecule has 1 aliphatic rings. The molecule has 0 amide bonds. The van der Waals surface area contributed by atoms with Crippen LogP contribution in [0.3, 0.4) is 0 Å². The van der Waals surface area contributed by atoms with Gasteiger partial charge in [0.25, 0.3) is 0 Å². The number of nitrogens with zero attached hydrogens (tertiary/aromatic N) is 2. The lowest BCUT2D eigenvalue weighted by atomic mass is 9.82. The Morgan fingerprint density at radius 3 is 1.68 bits per heavy atom. The molecule has 0 atom stereocenters.